The van der Waals surface area contributed by atoms with Crippen LogP contribution in [-0.2, 0) is 0 Å². The summed E-state index contributed by atoms with van der Waals surface area (Å²) in [5.74, 6) is 0. The first kappa shape index (κ1) is 9.96. The van der Waals surface area contributed by atoms with Gasteiger partial charge in [-0.15, -0.1) is 0 Å². The smallest absolute Gasteiger partial charge is 0.0477 e. The molecule has 3 N–H and O–H groups in total. The van der Waals surface area contributed by atoms with Crippen LogP contribution >= 0.6 is 0 Å². The lowest BCUT2D eigenvalue weighted by molar-refractivity contribution is 0.0469. The lowest BCUT2D eigenvalue weighted by Crippen LogP contribution is -2.69. The third-order valence-electron chi connectivity index (χ3n) is 3.52. The van der Waals surface area contributed by atoms with Crippen molar-refractivity contribution >= 4 is 0 Å². The van der Waals surface area contributed by atoms with Crippen molar-refractivity contribution in [3.8, 4) is 0 Å². The number of piperazine rings is 1. The number of likely N-dealkylation sites (N-methyl/N-ethyl adjacent to an activating group) is 1. The Kier molecular flexibility index (Phi) is 2.76. The highest BCUT2D eigenvalue weighted by atomic mass is 15.3. The van der Waals surface area contributed by atoms with E-state index in [1.165, 1.54) is 0 Å². The van der Waals surface area contributed by atoms with Gasteiger partial charge in [0, 0.05) is 30.7 Å². The summed E-state index contributed by atoms with van der Waals surface area (Å²) < 4.78 is 0. The molecule has 0 aromatic rings. The van der Waals surface area contributed by atoms with Crippen LogP contribution in [0.3, 0.4) is 0 Å². The van der Waals surface area contributed by atoms with Crippen molar-refractivity contribution in [2.45, 2.75) is 38.4 Å². The summed E-state index contributed by atoms with van der Waals surface area (Å²) in [5, 5.41) is 3.46. The first-order chi connectivity index (χ1) is 5.49. The SMILES string of the molecule is CC(N)C1(C)C(C)NCCN1C. The van der Waals surface area contributed by atoms with Crippen LogP contribution in [0, 0.1) is 0 Å². The van der Waals surface area contributed by atoms with Crippen LogP contribution in [-0.4, -0.2) is 42.7 Å². The van der Waals surface area contributed by atoms with Crippen LogP contribution in [0.4, 0.5) is 0 Å². The van der Waals surface area contributed by atoms with E-state index in [-0.39, 0.29) is 11.6 Å². The molecule has 0 aromatic carbocycles. The zero-order chi connectivity index (χ0) is 9.35. The molecule has 3 unspecified atom stereocenters. The molecule has 1 aliphatic rings. The molecule has 1 heterocycles. The summed E-state index contributed by atoms with van der Waals surface area (Å²) in [4.78, 5) is 2.36. The van der Waals surface area contributed by atoms with Crippen LogP contribution < -0.4 is 11.1 Å². The van der Waals surface area contributed by atoms with Crippen molar-refractivity contribution in [1.29, 1.82) is 0 Å². The Bertz CT molecular complexity index is 146. The Morgan fingerprint density at radius 3 is 2.58 bits per heavy atom. The average molecular weight is 171 g/mol. The molecule has 0 spiro atoms. The molecule has 0 saturated carbocycles. The normalized spacial score (nSPS) is 41.2. The highest BCUT2D eigenvalue weighted by Crippen LogP contribution is 2.23. The van der Waals surface area contributed by atoms with Crippen molar-refractivity contribution in [2.75, 3.05) is 20.1 Å². The molecule has 3 atom stereocenters. The van der Waals surface area contributed by atoms with E-state index in [1.54, 1.807) is 0 Å². The van der Waals surface area contributed by atoms with Gasteiger partial charge in [-0.25, -0.2) is 0 Å². The van der Waals surface area contributed by atoms with E-state index < -0.39 is 0 Å². The van der Waals surface area contributed by atoms with Crippen molar-refractivity contribution in [3.05, 3.63) is 0 Å². The number of nitrogens with one attached hydrogen (secondary N) is 1. The molecule has 1 aliphatic heterocycles. The molecule has 12 heavy (non-hydrogen) atoms. The topological polar surface area (TPSA) is 41.3 Å². The molecule has 1 rings (SSSR count). The van der Waals surface area contributed by atoms with E-state index in [9.17, 15) is 0 Å². The summed E-state index contributed by atoms with van der Waals surface area (Å²) in [6.07, 6.45) is 0. The van der Waals surface area contributed by atoms with Crippen molar-refractivity contribution in [2.24, 2.45) is 5.73 Å². The minimum Gasteiger partial charge on any atom is -0.326 e. The van der Waals surface area contributed by atoms with Gasteiger partial charge in [0.15, 0.2) is 0 Å². The van der Waals surface area contributed by atoms with Gasteiger partial charge in [0.05, 0.1) is 0 Å². The van der Waals surface area contributed by atoms with Gasteiger partial charge in [-0.3, -0.25) is 4.90 Å². The molecule has 1 saturated heterocycles. The number of nitrogens with two attached hydrogens (primary N) is 1. The van der Waals surface area contributed by atoms with Crippen LogP contribution in [0.1, 0.15) is 20.8 Å². The molecule has 0 aliphatic carbocycles. The fourth-order valence-corrected chi connectivity index (χ4v) is 1.97. The second-order valence-electron chi connectivity index (χ2n) is 4.11. The highest BCUT2D eigenvalue weighted by molar-refractivity contribution is 5.02. The van der Waals surface area contributed by atoms with E-state index in [0.717, 1.165) is 13.1 Å². The van der Waals surface area contributed by atoms with Gasteiger partial charge in [0.25, 0.3) is 0 Å². The lowest BCUT2D eigenvalue weighted by Gasteiger charge is -2.50. The van der Waals surface area contributed by atoms with Gasteiger partial charge in [-0.2, -0.15) is 0 Å². The third-order valence-corrected chi connectivity index (χ3v) is 3.52. The molecule has 0 aromatic heterocycles. The van der Waals surface area contributed by atoms with Gasteiger partial charge in [0.2, 0.25) is 0 Å². The summed E-state index contributed by atoms with van der Waals surface area (Å²) in [6.45, 7) is 8.68. The van der Waals surface area contributed by atoms with Crippen LogP contribution in [0.15, 0.2) is 0 Å². The summed E-state index contributed by atoms with van der Waals surface area (Å²) >= 11 is 0. The Labute approximate surface area is 75.3 Å². The zero-order valence-corrected chi connectivity index (χ0v) is 8.59. The maximum atomic E-state index is 6.00. The van der Waals surface area contributed by atoms with Crippen LogP contribution in [0.25, 0.3) is 0 Å². The number of hydrogen-bond acceptors (Lipinski definition) is 3. The number of hydrogen-bond donors (Lipinski definition) is 2. The van der Waals surface area contributed by atoms with E-state index in [0.29, 0.717) is 6.04 Å². The average Bonchev–Trinajstić information content (AvgIpc) is 1.99. The monoisotopic (exact) mass is 171 g/mol. The van der Waals surface area contributed by atoms with Crippen LogP contribution in [0.2, 0.25) is 0 Å². The Morgan fingerprint density at radius 2 is 2.25 bits per heavy atom. The molecule has 3 heteroatoms. The Balaban J connectivity index is 2.80. The quantitative estimate of drug-likeness (QED) is 0.584. The Morgan fingerprint density at radius 1 is 1.67 bits per heavy atom. The van der Waals surface area contributed by atoms with Crippen molar-refractivity contribution in [3.63, 3.8) is 0 Å². The predicted octanol–water partition coefficient (Wildman–Crippen LogP) is 0.0158. The third kappa shape index (κ3) is 1.37. The Hall–Kier alpha value is -0.120. The first-order valence-corrected chi connectivity index (χ1v) is 4.69. The van der Waals surface area contributed by atoms with Gasteiger partial charge < -0.3 is 11.1 Å². The molecule has 0 bridgehead atoms. The molecular weight excluding hydrogens is 150 g/mol. The van der Waals surface area contributed by atoms with Crippen LogP contribution in [0.5, 0.6) is 0 Å². The minimum atomic E-state index is 0.0955. The van der Waals surface area contributed by atoms with Crippen molar-refractivity contribution < 1.29 is 0 Å². The number of rotatable bonds is 1. The largest absolute Gasteiger partial charge is 0.326 e. The second kappa shape index (κ2) is 3.32. The molecule has 0 radical (unpaired) electrons. The number of nitrogens with zero attached hydrogens (tertiary/aromatic N) is 1. The minimum absolute atomic E-state index is 0.0955. The van der Waals surface area contributed by atoms with Crippen molar-refractivity contribution in [1.82, 2.24) is 10.2 Å². The van der Waals surface area contributed by atoms with E-state index in [4.69, 9.17) is 5.73 Å². The molecule has 3 nitrogen and oxygen atoms in total. The van der Waals surface area contributed by atoms with Gasteiger partial charge in [-0.05, 0) is 27.8 Å². The first-order valence-electron chi connectivity index (χ1n) is 4.69. The maximum absolute atomic E-state index is 6.00. The van der Waals surface area contributed by atoms with E-state index >= 15 is 0 Å². The molecule has 0 amide bonds. The predicted molar refractivity (Wildman–Crippen MR) is 52.1 cm³/mol. The lowest BCUT2D eigenvalue weighted by atomic mass is 9.83. The fourth-order valence-electron chi connectivity index (χ4n) is 1.97. The standard InChI is InChI=1S/C9H21N3/c1-7(10)9(3)8(2)11-5-6-12(9)4/h7-8,11H,5-6,10H2,1-4H3. The summed E-state index contributed by atoms with van der Waals surface area (Å²) in [6, 6.07) is 0.668. The molecule has 72 valence electrons. The molecule has 1 fully saturated rings. The fraction of sp³-hybridized carbons (Fsp3) is 1.00. The molecular formula is C9H21N3. The maximum Gasteiger partial charge on any atom is 0.0477 e. The van der Waals surface area contributed by atoms with Gasteiger partial charge in [0.1, 0.15) is 0 Å². The highest BCUT2D eigenvalue weighted by Gasteiger charge is 2.40. The van der Waals surface area contributed by atoms with E-state index in [1.807, 2.05) is 0 Å². The van der Waals surface area contributed by atoms with Gasteiger partial charge >= 0.3 is 0 Å². The van der Waals surface area contributed by atoms with Gasteiger partial charge in [-0.1, -0.05) is 0 Å². The summed E-state index contributed by atoms with van der Waals surface area (Å²) in [5.41, 5.74) is 6.10. The second-order valence-corrected chi connectivity index (χ2v) is 4.11. The van der Waals surface area contributed by atoms with E-state index in [2.05, 4.69) is 38.0 Å². The zero-order valence-electron chi connectivity index (χ0n) is 8.59. The summed E-state index contributed by atoms with van der Waals surface area (Å²) in [7, 11) is 2.15.